The van der Waals surface area contributed by atoms with Crippen LogP contribution in [-0.4, -0.2) is 42.6 Å². The summed E-state index contributed by atoms with van der Waals surface area (Å²) in [5.74, 6) is -1.20. The third kappa shape index (κ3) is 4.68. The lowest BCUT2D eigenvalue weighted by Crippen LogP contribution is -2.17. The molecule has 1 rings (SSSR count). The van der Waals surface area contributed by atoms with E-state index >= 15 is 0 Å². The van der Waals surface area contributed by atoms with Crippen molar-refractivity contribution in [2.75, 3.05) is 26.9 Å². The first-order valence-electron chi connectivity index (χ1n) is 5.65. The van der Waals surface area contributed by atoms with E-state index < -0.39 is 11.4 Å². The van der Waals surface area contributed by atoms with Crippen LogP contribution in [-0.2, 0) is 16.0 Å². The maximum absolute atomic E-state index is 11.2. The number of nitrogens with zero attached hydrogens (tertiary/aromatic N) is 1. The number of hydrogen-bond donors (Lipinski definition) is 1. The smallest absolute Gasteiger partial charge is 0.341 e. The summed E-state index contributed by atoms with van der Waals surface area (Å²) in [7, 11) is 1.61. The van der Waals surface area contributed by atoms with Crippen LogP contribution >= 0.6 is 0 Å². The predicted molar refractivity (Wildman–Crippen MR) is 65.0 cm³/mol. The van der Waals surface area contributed by atoms with Gasteiger partial charge in [-0.2, -0.15) is 0 Å². The number of aromatic nitrogens is 1. The van der Waals surface area contributed by atoms with Crippen LogP contribution in [0.4, 0.5) is 0 Å². The van der Waals surface area contributed by atoms with Gasteiger partial charge < -0.3 is 19.1 Å². The number of hydrogen-bond acceptors (Lipinski definition) is 4. The van der Waals surface area contributed by atoms with E-state index in [0.717, 1.165) is 6.42 Å². The highest BCUT2D eigenvalue weighted by Gasteiger charge is 2.07. The van der Waals surface area contributed by atoms with Crippen LogP contribution in [0.25, 0.3) is 0 Å². The second kappa shape index (κ2) is 7.62. The third-order valence-corrected chi connectivity index (χ3v) is 2.34. The van der Waals surface area contributed by atoms with E-state index in [0.29, 0.717) is 26.4 Å². The summed E-state index contributed by atoms with van der Waals surface area (Å²) in [4.78, 5) is 22.0. The van der Waals surface area contributed by atoms with Gasteiger partial charge in [0.25, 0.3) is 0 Å². The molecule has 0 bridgehead atoms. The summed E-state index contributed by atoms with van der Waals surface area (Å²) in [6, 6.07) is 1.26. The normalized spacial score (nSPS) is 10.5. The maximum Gasteiger partial charge on any atom is 0.341 e. The average Bonchev–Trinajstić information content (AvgIpc) is 2.35. The number of aromatic carboxylic acids is 1. The molecule has 0 spiro atoms. The molecule has 100 valence electrons. The molecule has 0 radical (unpaired) electrons. The number of carboxylic acid groups (broad SMARTS) is 1. The summed E-state index contributed by atoms with van der Waals surface area (Å²) >= 11 is 0. The van der Waals surface area contributed by atoms with E-state index in [4.69, 9.17) is 14.6 Å². The van der Waals surface area contributed by atoms with Crippen LogP contribution in [0.5, 0.6) is 0 Å². The molecule has 0 saturated carbocycles. The Kier molecular flexibility index (Phi) is 6.10. The molecule has 6 heteroatoms. The molecule has 0 fully saturated rings. The zero-order chi connectivity index (χ0) is 13.4. The predicted octanol–water partition coefficient (Wildman–Crippen LogP) is 0.600. The van der Waals surface area contributed by atoms with Crippen molar-refractivity contribution >= 4 is 5.97 Å². The van der Waals surface area contributed by atoms with Crippen LogP contribution < -0.4 is 5.43 Å². The molecule has 0 aliphatic rings. The van der Waals surface area contributed by atoms with Crippen molar-refractivity contribution in [3.63, 3.8) is 0 Å². The summed E-state index contributed by atoms with van der Waals surface area (Å²) in [5.41, 5.74) is -0.687. The van der Waals surface area contributed by atoms with Gasteiger partial charge in [-0.25, -0.2) is 4.79 Å². The molecule has 1 aromatic rings. The van der Waals surface area contributed by atoms with Crippen LogP contribution in [0.1, 0.15) is 16.8 Å². The van der Waals surface area contributed by atoms with E-state index in [1.165, 1.54) is 12.3 Å². The molecule has 0 aromatic carbocycles. The molecule has 18 heavy (non-hydrogen) atoms. The van der Waals surface area contributed by atoms with Crippen molar-refractivity contribution in [2.45, 2.75) is 13.0 Å². The first kappa shape index (κ1) is 14.4. The van der Waals surface area contributed by atoms with Crippen LogP contribution in [0.2, 0.25) is 0 Å². The fraction of sp³-hybridized carbons (Fsp3) is 0.500. The average molecular weight is 255 g/mol. The fourth-order valence-corrected chi connectivity index (χ4v) is 1.42. The molecule has 0 amide bonds. The minimum absolute atomic E-state index is 0.210. The van der Waals surface area contributed by atoms with Crippen molar-refractivity contribution in [3.8, 4) is 0 Å². The summed E-state index contributed by atoms with van der Waals surface area (Å²) in [5, 5.41) is 8.81. The van der Waals surface area contributed by atoms with E-state index in [1.54, 1.807) is 17.9 Å². The number of carbonyl (C=O) groups is 1. The van der Waals surface area contributed by atoms with Crippen molar-refractivity contribution in [2.24, 2.45) is 0 Å². The van der Waals surface area contributed by atoms with Crippen molar-refractivity contribution in [3.05, 3.63) is 34.2 Å². The lowest BCUT2D eigenvalue weighted by atomic mass is 10.2. The van der Waals surface area contributed by atoms with Crippen LogP contribution in [0.3, 0.4) is 0 Å². The molecule has 6 nitrogen and oxygen atoms in total. The number of carboxylic acids is 1. The van der Waals surface area contributed by atoms with Gasteiger partial charge in [0.15, 0.2) is 5.43 Å². The van der Waals surface area contributed by atoms with E-state index in [-0.39, 0.29) is 5.56 Å². The van der Waals surface area contributed by atoms with Crippen LogP contribution in [0.15, 0.2) is 23.3 Å². The minimum atomic E-state index is -1.20. The number of aryl methyl sites for hydroxylation is 1. The Balaban J connectivity index is 2.41. The lowest BCUT2D eigenvalue weighted by Gasteiger charge is -2.07. The van der Waals surface area contributed by atoms with Crippen molar-refractivity contribution in [1.29, 1.82) is 0 Å². The Morgan fingerprint density at radius 2 is 2.17 bits per heavy atom. The molecular formula is C12H17NO5. The zero-order valence-corrected chi connectivity index (χ0v) is 10.3. The molecule has 1 aromatic heterocycles. The highest BCUT2D eigenvalue weighted by atomic mass is 16.5. The molecule has 0 saturated heterocycles. The van der Waals surface area contributed by atoms with Gasteiger partial charge in [-0.1, -0.05) is 0 Å². The summed E-state index contributed by atoms with van der Waals surface area (Å²) < 4.78 is 11.8. The zero-order valence-electron chi connectivity index (χ0n) is 10.3. The molecule has 0 unspecified atom stereocenters. The Morgan fingerprint density at radius 3 is 2.83 bits per heavy atom. The van der Waals surface area contributed by atoms with Crippen LogP contribution in [0, 0.1) is 0 Å². The topological polar surface area (TPSA) is 77.8 Å². The van der Waals surface area contributed by atoms with E-state index in [2.05, 4.69) is 0 Å². The van der Waals surface area contributed by atoms with Gasteiger partial charge in [-0.05, 0) is 6.42 Å². The highest BCUT2D eigenvalue weighted by Crippen LogP contribution is 1.96. The highest BCUT2D eigenvalue weighted by molar-refractivity contribution is 5.86. The SMILES string of the molecule is COCCOCCCn1ccc(=O)c(C(=O)O)c1. The van der Waals surface area contributed by atoms with Gasteiger partial charge in [0.05, 0.1) is 13.2 Å². The number of rotatable bonds is 8. The Labute approximate surface area is 105 Å². The quantitative estimate of drug-likeness (QED) is 0.688. The summed E-state index contributed by atoms with van der Waals surface area (Å²) in [6.07, 6.45) is 3.66. The largest absolute Gasteiger partial charge is 0.477 e. The van der Waals surface area contributed by atoms with Crippen molar-refractivity contribution in [1.82, 2.24) is 4.57 Å². The van der Waals surface area contributed by atoms with Gasteiger partial charge in [0, 0.05) is 38.7 Å². The monoisotopic (exact) mass is 255 g/mol. The Hall–Kier alpha value is -1.66. The number of methoxy groups -OCH3 is 1. The Morgan fingerprint density at radius 1 is 1.39 bits per heavy atom. The standard InChI is InChI=1S/C12H17NO5/c1-17-7-8-18-6-2-4-13-5-3-11(14)10(9-13)12(15)16/h3,5,9H,2,4,6-8H2,1H3,(H,15,16). The lowest BCUT2D eigenvalue weighted by molar-refractivity contribution is 0.0677. The first-order chi connectivity index (χ1) is 8.65. The Bertz CT molecular complexity index is 440. The molecule has 1 heterocycles. The van der Waals surface area contributed by atoms with Gasteiger partial charge in [-0.3, -0.25) is 4.79 Å². The van der Waals surface area contributed by atoms with Gasteiger partial charge in [0.2, 0.25) is 0 Å². The fourth-order valence-electron chi connectivity index (χ4n) is 1.42. The first-order valence-corrected chi connectivity index (χ1v) is 5.65. The molecule has 0 aliphatic carbocycles. The number of pyridine rings is 1. The van der Waals surface area contributed by atoms with Crippen molar-refractivity contribution < 1.29 is 19.4 Å². The van der Waals surface area contributed by atoms with Gasteiger partial charge in [-0.15, -0.1) is 0 Å². The number of ether oxygens (including phenoxy) is 2. The molecule has 0 aliphatic heterocycles. The van der Waals surface area contributed by atoms with E-state index in [1.807, 2.05) is 0 Å². The molecule has 0 atom stereocenters. The third-order valence-electron chi connectivity index (χ3n) is 2.34. The van der Waals surface area contributed by atoms with Gasteiger partial charge in [0.1, 0.15) is 5.56 Å². The summed E-state index contributed by atoms with van der Waals surface area (Å²) in [6.45, 7) is 2.27. The van der Waals surface area contributed by atoms with E-state index in [9.17, 15) is 9.59 Å². The maximum atomic E-state index is 11.2. The second-order valence-electron chi connectivity index (χ2n) is 3.72. The molecular weight excluding hydrogens is 238 g/mol. The molecule has 1 N–H and O–H groups in total. The minimum Gasteiger partial charge on any atom is -0.477 e. The second-order valence-corrected chi connectivity index (χ2v) is 3.72. The van der Waals surface area contributed by atoms with Gasteiger partial charge >= 0.3 is 5.97 Å².